The van der Waals surface area contributed by atoms with Gasteiger partial charge in [-0.1, -0.05) is 0 Å². The van der Waals surface area contributed by atoms with Crippen LogP contribution in [0.2, 0.25) is 0 Å². The molecular weight excluding hydrogens is 192 g/mol. The van der Waals surface area contributed by atoms with Crippen molar-refractivity contribution in [3.63, 3.8) is 0 Å². The van der Waals surface area contributed by atoms with Gasteiger partial charge in [0, 0.05) is 0 Å². The molecule has 2 fully saturated rings. The minimum atomic E-state index is 0.0225. The Morgan fingerprint density at radius 3 is 2.87 bits per heavy atom. The lowest BCUT2D eigenvalue weighted by Crippen LogP contribution is -2.39. The first-order chi connectivity index (χ1) is 7.16. The van der Waals surface area contributed by atoms with Gasteiger partial charge in [0.1, 0.15) is 0 Å². The highest BCUT2D eigenvalue weighted by molar-refractivity contribution is 5.73. The molecule has 86 valence electrons. The molecule has 0 aromatic carbocycles. The van der Waals surface area contributed by atoms with Crippen LogP contribution in [0.15, 0.2) is 0 Å². The van der Waals surface area contributed by atoms with Crippen molar-refractivity contribution < 1.29 is 14.3 Å². The van der Waals surface area contributed by atoms with Crippen LogP contribution in [0.25, 0.3) is 0 Å². The molecule has 1 heterocycles. The Bertz CT molecular complexity index is 237. The summed E-state index contributed by atoms with van der Waals surface area (Å²) in [6.07, 6.45) is 4.67. The van der Waals surface area contributed by atoms with E-state index in [-0.39, 0.29) is 11.9 Å². The highest BCUT2D eigenvalue weighted by Crippen LogP contribution is 2.37. The molecule has 0 radical (unpaired) electrons. The number of hydrogen-bond donors (Lipinski definition) is 0. The molecule has 1 aliphatic carbocycles. The Morgan fingerprint density at radius 2 is 2.13 bits per heavy atom. The fraction of sp³-hybridized carbons (Fsp3) is 0.917. The van der Waals surface area contributed by atoms with Gasteiger partial charge in [-0.15, -0.1) is 0 Å². The molecule has 1 saturated heterocycles. The number of cyclic esters (lactones) is 1. The molecule has 0 spiro atoms. The Labute approximate surface area is 91.1 Å². The molecule has 0 bridgehead atoms. The van der Waals surface area contributed by atoms with E-state index in [4.69, 9.17) is 9.47 Å². The average Bonchev–Trinajstić information content (AvgIpc) is 2.17. The first-order valence-corrected chi connectivity index (χ1v) is 5.99. The maximum atomic E-state index is 11.5. The molecule has 0 aromatic heterocycles. The zero-order chi connectivity index (χ0) is 10.8. The smallest absolute Gasteiger partial charge is 0.309 e. The molecule has 0 N–H and O–H groups in total. The van der Waals surface area contributed by atoms with Crippen LogP contribution in [0.3, 0.4) is 0 Å². The summed E-state index contributed by atoms with van der Waals surface area (Å²) in [6.45, 7) is 4.75. The van der Waals surface area contributed by atoms with Crippen LogP contribution in [0.1, 0.15) is 39.5 Å². The number of fused-ring (bicyclic) bond motifs is 1. The summed E-state index contributed by atoms with van der Waals surface area (Å²) < 4.78 is 10.9. The fourth-order valence-corrected chi connectivity index (χ4v) is 2.78. The molecule has 1 saturated carbocycles. The summed E-state index contributed by atoms with van der Waals surface area (Å²) in [7, 11) is 0. The van der Waals surface area contributed by atoms with Gasteiger partial charge < -0.3 is 9.47 Å². The third-order valence-corrected chi connectivity index (χ3v) is 3.43. The molecule has 1 unspecified atom stereocenters. The van der Waals surface area contributed by atoms with E-state index in [2.05, 4.69) is 13.8 Å². The molecular formula is C12H20O3. The van der Waals surface area contributed by atoms with Crippen LogP contribution in [0, 0.1) is 11.8 Å². The topological polar surface area (TPSA) is 35.5 Å². The molecule has 1 aliphatic heterocycles. The van der Waals surface area contributed by atoms with Gasteiger partial charge in [-0.25, -0.2) is 0 Å². The predicted molar refractivity (Wildman–Crippen MR) is 56.4 cm³/mol. The quantitative estimate of drug-likeness (QED) is 0.658. The third kappa shape index (κ3) is 2.51. The molecule has 3 atom stereocenters. The van der Waals surface area contributed by atoms with Crippen LogP contribution in [0.5, 0.6) is 0 Å². The number of esters is 1. The normalized spacial score (nSPS) is 36.2. The Balaban J connectivity index is 1.91. The van der Waals surface area contributed by atoms with Gasteiger partial charge in [0.25, 0.3) is 0 Å². The molecule has 3 nitrogen and oxygen atoms in total. The van der Waals surface area contributed by atoms with Crippen LogP contribution in [-0.4, -0.2) is 24.8 Å². The maximum absolute atomic E-state index is 11.5. The zero-order valence-corrected chi connectivity index (χ0v) is 9.57. The van der Waals surface area contributed by atoms with Crippen LogP contribution in [0.4, 0.5) is 0 Å². The first kappa shape index (κ1) is 10.9. The minimum absolute atomic E-state index is 0.0225. The Hall–Kier alpha value is -0.570. The summed E-state index contributed by atoms with van der Waals surface area (Å²) in [4.78, 5) is 11.5. The number of ether oxygens (including phenoxy) is 2. The lowest BCUT2D eigenvalue weighted by atomic mass is 9.75. The molecule has 2 aliphatic rings. The summed E-state index contributed by atoms with van der Waals surface area (Å²) in [5, 5.41) is 0. The van der Waals surface area contributed by atoms with Gasteiger partial charge >= 0.3 is 5.97 Å². The van der Waals surface area contributed by atoms with Crippen molar-refractivity contribution in [1.82, 2.24) is 0 Å². The van der Waals surface area contributed by atoms with Crippen molar-refractivity contribution in [2.45, 2.75) is 51.7 Å². The summed E-state index contributed by atoms with van der Waals surface area (Å²) in [5.74, 6) is 0.684. The number of carbonyl (C=O) groups is 1. The Kier molecular flexibility index (Phi) is 3.29. The van der Waals surface area contributed by atoms with E-state index in [1.165, 1.54) is 0 Å². The highest BCUT2D eigenvalue weighted by Gasteiger charge is 2.38. The van der Waals surface area contributed by atoms with E-state index < -0.39 is 0 Å². The van der Waals surface area contributed by atoms with Crippen molar-refractivity contribution in [1.29, 1.82) is 0 Å². The minimum Gasteiger partial charge on any atom is -0.465 e. The average molecular weight is 212 g/mol. The fourth-order valence-electron chi connectivity index (χ4n) is 2.78. The summed E-state index contributed by atoms with van der Waals surface area (Å²) >= 11 is 0. The van der Waals surface area contributed by atoms with Gasteiger partial charge in [-0.05, 0) is 45.4 Å². The second-order valence-electron chi connectivity index (χ2n) is 4.94. The van der Waals surface area contributed by atoms with Gasteiger partial charge in [0.05, 0.1) is 24.7 Å². The molecule has 0 amide bonds. The van der Waals surface area contributed by atoms with Gasteiger partial charge in [-0.3, -0.25) is 4.79 Å². The lowest BCUT2D eigenvalue weighted by molar-refractivity contribution is -0.161. The van der Waals surface area contributed by atoms with Crippen LogP contribution < -0.4 is 0 Å². The second-order valence-corrected chi connectivity index (χ2v) is 4.94. The lowest BCUT2D eigenvalue weighted by Gasteiger charge is -2.38. The highest BCUT2D eigenvalue weighted by atomic mass is 16.5. The van der Waals surface area contributed by atoms with E-state index in [0.29, 0.717) is 24.7 Å². The van der Waals surface area contributed by atoms with Crippen LogP contribution in [-0.2, 0) is 14.3 Å². The monoisotopic (exact) mass is 212 g/mol. The van der Waals surface area contributed by atoms with Crippen molar-refractivity contribution >= 4 is 5.97 Å². The largest absolute Gasteiger partial charge is 0.465 e. The van der Waals surface area contributed by atoms with Crippen LogP contribution >= 0.6 is 0 Å². The van der Waals surface area contributed by atoms with E-state index in [1.54, 1.807) is 0 Å². The predicted octanol–water partition coefficient (Wildman–Crippen LogP) is 2.14. The van der Waals surface area contributed by atoms with Crippen molar-refractivity contribution in [2.24, 2.45) is 11.8 Å². The Morgan fingerprint density at radius 1 is 1.33 bits per heavy atom. The van der Waals surface area contributed by atoms with E-state index in [0.717, 1.165) is 25.7 Å². The molecule has 0 aromatic rings. The molecule has 15 heavy (non-hydrogen) atoms. The third-order valence-electron chi connectivity index (χ3n) is 3.43. The van der Waals surface area contributed by atoms with E-state index in [1.807, 2.05) is 0 Å². The summed E-state index contributed by atoms with van der Waals surface area (Å²) in [6, 6.07) is 0. The van der Waals surface area contributed by atoms with E-state index in [9.17, 15) is 4.79 Å². The van der Waals surface area contributed by atoms with Gasteiger partial charge in [-0.2, -0.15) is 0 Å². The number of carbonyl (C=O) groups excluding carboxylic acids is 1. The van der Waals surface area contributed by atoms with Crippen molar-refractivity contribution in [2.75, 3.05) is 6.61 Å². The van der Waals surface area contributed by atoms with Crippen molar-refractivity contribution in [3.8, 4) is 0 Å². The molecule has 3 heteroatoms. The van der Waals surface area contributed by atoms with Gasteiger partial charge in [0.15, 0.2) is 0 Å². The second kappa shape index (κ2) is 4.52. The number of rotatable bonds is 2. The van der Waals surface area contributed by atoms with Crippen molar-refractivity contribution in [3.05, 3.63) is 0 Å². The van der Waals surface area contributed by atoms with Gasteiger partial charge in [0.2, 0.25) is 0 Å². The molecule has 2 rings (SSSR count). The summed E-state index contributed by atoms with van der Waals surface area (Å²) in [5.41, 5.74) is 0. The standard InChI is InChI=1S/C12H20O3/c1-8(2)15-10-3-4-11-9(7-10)5-6-14-12(11)13/h8-11H,3-7H2,1-2H3/t9-,10+,11?/m0/s1. The maximum Gasteiger partial charge on any atom is 0.309 e. The SMILES string of the molecule is CC(C)O[C@@H]1CCC2C(=O)OCC[C@H]2C1. The number of hydrogen-bond acceptors (Lipinski definition) is 3. The zero-order valence-electron chi connectivity index (χ0n) is 9.57. The van der Waals surface area contributed by atoms with E-state index >= 15 is 0 Å². The first-order valence-electron chi connectivity index (χ1n) is 5.99.